The van der Waals surface area contributed by atoms with Crippen molar-refractivity contribution in [1.82, 2.24) is 30.0 Å². The first-order chi connectivity index (χ1) is 17.5. The van der Waals surface area contributed by atoms with E-state index in [4.69, 9.17) is 14.8 Å². The maximum absolute atomic E-state index is 11.2. The summed E-state index contributed by atoms with van der Waals surface area (Å²) in [6.45, 7) is 4.40. The molecule has 0 aliphatic carbocycles. The van der Waals surface area contributed by atoms with E-state index in [2.05, 4.69) is 44.0 Å². The van der Waals surface area contributed by atoms with Crippen molar-refractivity contribution in [2.75, 3.05) is 37.4 Å². The average Bonchev–Trinajstić information content (AvgIpc) is 3.27. The molecule has 0 aromatic carbocycles. The van der Waals surface area contributed by atoms with Crippen LogP contribution in [0.15, 0.2) is 18.5 Å². The van der Waals surface area contributed by atoms with E-state index in [-0.39, 0.29) is 18.6 Å². The molecule has 0 unspecified atom stereocenters. The SMILES string of the molecule is CCC[C@@H](CCO)Nc1nc(NC(=O)O)nc2cnn(Cc3ncc(C4CCNCC4)cc3OC)c12. The van der Waals surface area contributed by atoms with Gasteiger partial charge in [-0.25, -0.2) is 9.78 Å². The number of ether oxygens (including phenoxy) is 1. The van der Waals surface area contributed by atoms with E-state index in [9.17, 15) is 9.90 Å². The molecule has 1 amide bonds. The highest BCUT2D eigenvalue weighted by atomic mass is 16.5. The number of nitrogens with one attached hydrogen (secondary N) is 3. The lowest BCUT2D eigenvalue weighted by molar-refractivity contribution is 0.209. The van der Waals surface area contributed by atoms with E-state index in [0.29, 0.717) is 41.5 Å². The third-order valence-electron chi connectivity index (χ3n) is 6.44. The number of piperidine rings is 1. The summed E-state index contributed by atoms with van der Waals surface area (Å²) in [4.78, 5) is 24.7. The van der Waals surface area contributed by atoms with E-state index in [1.165, 1.54) is 5.56 Å². The van der Waals surface area contributed by atoms with Gasteiger partial charge in [-0.1, -0.05) is 13.3 Å². The number of carboxylic acid groups (broad SMARTS) is 1. The lowest BCUT2D eigenvalue weighted by atomic mass is 9.91. The molecule has 4 rings (SSSR count). The highest BCUT2D eigenvalue weighted by Crippen LogP contribution is 2.30. The summed E-state index contributed by atoms with van der Waals surface area (Å²) in [6, 6.07) is 2.02. The number of hydrogen-bond acceptors (Lipinski definition) is 9. The van der Waals surface area contributed by atoms with Gasteiger partial charge in [0.05, 0.1) is 19.9 Å². The Labute approximate surface area is 209 Å². The van der Waals surface area contributed by atoms with Gasteiger partial charge in [0, 0.05) is 18.8 Å². The molecule has 12 heteroatoms. The predicted molar refractivity (Wildman–Crippen MR) is 136 cm³/mol. The standard InChI is InChI=1S/C24H34N8O4/c1-3-4-17(7-10-33)28-22-21-18(29-23(30-22)31-24(34)35)13-27-32(21)14-19-20(36-2)11-16(12-26-19)15-5-8-25-9-6-15/h11-13,15,17,25,33H,3-10,14H2,1-2H3,(H,34,35)(H2,28,29,30,31)/t17-/m0/s1. The molecule has 0 spiro atoms. The van der Waals surface area contributed by atoms with Crippen LogP contribution in [-0.4, -0.2) is 73.9 Å². The number of methoxy groups -OCH3 is 1. The maximum Gasteiger partial charge on any atom is 0.411 e. The third-order valence-corrected chi connectivity index (χ3v) is 6.44. The highest BCUT2D eigenvalue weighted by molar-refractivity contribution is 5.89. The van der Waals surface area contributed by atoms with E-state index < -0.39 is 6.09 Å². The van der Waals surface area contributed by atoms with Crippen LogP contribution in [-0.2, 0) is 6.54 Å². The number of aliphatic hydroxyl groups is 1. The second-order valence-electron chi connectivity index (χ2n) is 8.95. The fourth-order valence-corrected chi connectivity index (χ4v) is 4.66. The molecule has 0 saturated carbocycles. The fourth-order valence-electron chi connectivity index (χ4n) is 4.66. The summed E-state index contributed by atoms with van der Waals surface area (Å²) in [5.74, 6) is 1.55. The van der Waals surface area contributed by atoms with Gasteiger partial charge >= 0.3 is 6.09 Å². The van der Waals surface area contributed by atoms with E-state index in [0.717, 1.165) is 44.5 Å². The molecule has 5 N–H and O–H groups in total. The summed E-state index contributed by atoms with van der Waals surface area (Å²) < 4.78 is 7.43. The number of nitrogens with zero attached hydrogens (tertiary/aromatic N) is 5. The fraction of sp³-hybridized carbons (Fsp3) is 0.542. The maximum atomic E-state index is 11.2. The number of aromatic nitrogens is 5. The molecule has 1 aliphatic heterocycles. The van der Waals surface area contributed by atoms with Crippen LogP contribution >= 0.6 is 0 Å². The molecular formula is C24H34N8O4. The lowest BCUT2D eigenvalue weighted by Gasteiger charge is -2.23. The molecule has 1 fully saturated rings. The van der Waals surface area contributed by atoms with Gasteiger partial charge in [0.1, 0.15) is 22.5 Å². The molecule has 194 valence electrons. The van der Waals surface area contributed by atoms with Crippen molar-refractivity contribution in [3.63, 3.8) is 0 Å². The molecule has 3 aromatic heterocycles. The second kappa shape index (κ2) is 12.0. The zero-order chi connectivity index (χ0) is 25.5. The molecule has 0 radical (unpaired) electrons. The number of rotatable bonds is 11. The zero-order valence-corrected chi connectivity index (χ0v) is 20.7. The van der Waals surface area contributed by atoms with Crippen LogP contribution in [0.4, 0.5) is 16.6 Å². The highest BCUT2D eigenvalue weighted by Gasteiger charge is 2.21. The Morgan fingerprint density at radius 2 is 2.08 bits per heavy atom. The first-order valence-electron chi connectivity index (χ1n) is 12.4. The molecule has 4 heterocycles. The van der Waals surface area contributed by atoms with Gasteiger partial charge in [-0.15, -0.1) is 0 Å². The quantitative estimate of drug-likeness (QED) is 0.266. The molecule has 1 aliphatic rings. The van der Waals surface area contributed by atoms with Crippen LogP contribution < -0.4 is 20.7 Å². The minimum absolute atomic E-state index is 0.0237. The number of anilines is 2. The van der Waals surface area contributed by atoms with Crippen molar-refractivity contribution < 1.29 is 19.7 Å². The first kappa shape index (κ1) is 25.6. The molecule has 1 saturated heterocycles. The summed E-state index contributed by atoms with van der Waals surface area (Å²) in [6.07, 6.45) is 6.64. The largest absolute Gasteiger partial charge is 0.495 e. The minimum Gasteiger partial charge on any atom is -0.495 e. The monoisotopic (exact) mass is 498 g/mol. The topological polar surface area (TPSA) is 159 Å². The van der Waals surface area contributed by atoms with Crippen LogP contribution in [0, 0.1) is 0 Å². The number of hydrogen-bond donors (Lipinski definition) is 5. The Bertz CT molecular complexity index is 1170. The Kier molecular flexibility index (Phi) is 8.49. The Balaban J connectivity index is 1.69. The van der Waals surface area contributed by atoms with Gasteiger partial charge in [0.2, 0.25) is 5.95 Å². The molecule has 0 bridgehead atoms. The molecule has 12 nitrogen and oxygen atoms in total. The number of fused-ring (bicyclic) bond motifs is 1. The Morgan fingerprint density at radius 3 is 2.78 bits per heavy atom. The van der Waals surface area contributed by atoms with Gasteiger partial charge in [-0.05, 0) is 56.3 Å². The van der Waals surface area contributed by atoms with Crippen LogP contribution in [0.1, 0.15) is 56.2 Å². The number of pyridine rings is 1. The lowest BCUT2D eigenvalue weighted by Crippen LogP contribution is -2.26. The van der Waals surface area contributed by atoms with Crippen molar-refractivity contribution in [1.29, 1.82) is 0 Å². The number of amides is 1. The van der Waals surface area contributed by atoms with Crippen LogP contribution in [0.2, 0.25) is 0 Å². The molecule has 1 atom stereocenters. The van der Waals surface area contributed by atoms with Gasteiger partial charge in [0.15, 0.2) is 5.82 Å². The normalized spacial score (nSPS) is 15.1. The Hall–Kier alpha value is -3.51. The summed E-state index contributed by atoms with van der Waals surface area (Å²) in [5, 5.41) is 32.1. The van der Waals surface area contributed by atoms with E-state index in [1.54, 1.807) is 18.0 Å². The molecular weight excluding hydrogens is 464 g/mol. The van der Waals surface area contributed by atoms with Crippen molar-refractivity contribution in [2.45, 2.75) is 57.5 Å². The average molecular weight is 499 g/mol. The van der Waals surface area contributed by atoms with Gasteiger partial charge in [0.25, 0.3) is 0 Å². The second-order valence-corrected chi connectivity index (χ2v) is 8.95. The van der Waals surface area contributed by atoms with Crippen LogP contribution in [0.5, 0.6) is 5.75 Å². The number of aliphatic hydroxyl groups excluding tert-OH is 1. The number of carbonyl (C=O) groups is 1. The van der Waals surface area contributed by atoms with Crippen molar-refractivity contribution >= 4 is 28.9 Å². The summed E-state index contributed by atoms with van der Waals surface area (Å²) >= 11 is 0. The van der Waals surface area contributed by atoms with Gasteiger partial charge < -0.3 is 25.6 Å². The predicted octanol–water partition coefficient (Wildman–Crippen LogP) is 2.80. The summed E-state index contributed by atoms with van der Waals surface area (Å²) in [7, 11) is 1.64. The Morgan fingerprint density at radius 1 is 1.28 bits per heavy atom. The van der Waals surface area contributed by atoms with E-state index >= 15 is 0 Å². The zero-order valence-electron chi connectivity index (χ0n) is 20.7. The smallest absolute Gasteiger partial charge is 0.411 e. The molecule has 36 heavy (non-hydrogen) atoms. The van der Waals surface area contributed by atoms with E-state index in [1.807, 2.05) is 6.20 Å². The van der Waals surface area contributed by atoms with Crippen molar-refractivity contribution in [3.05, 3.63) is 29.7 Å². The third kappa shape index (κ3) is 6.00. The first-order valence-corrected chi connectivity index (χ1v) is 12.4. The van der Waals surface area contributed by atoms with Crippen molar-refractivity contribution in [2.24, 2.45) is 0 Å². The molecule has 3 aromatic rings. The van der Waals surface area contributed by atoms with Crippen LogP contribution in [0.3, 0.4) is 0 Å². The van der Waals surface area contributed by atoms with Gasteiger partial charge in [-0.2, -0.15) is 10.1 Å². The summed E-state index contributed by atoms with van der Waals surface area (Å²) in [5.41, 5.74) is 3.00. The van der Waals surface area contributed by atoms with Gasteiger partial charge in [-0.3, -0.25) is 15.0 Å². The van der Waals surface area contributed by atoms with Crippen molar-refractivity contribution in [3.8, 4) is 5.75 Å². The van der Waals surface area contributed by atoms with Crippen LogP contribution in [0.25, 0.3) is 11.0 Å². The minimum atomic E-state index is -1.25.